The highest BCUT2D eigenvalue weighted by Gasteiger charge is 2.16. The van der Waals surface area contributed by atoms with Gasteiger partial charge in [0.25, 0.3) is 5.91 Å². The lowest BCUT2D eigenvalue weighted by atomic mass is 10.1. The molecule has 3 N–H and O–H groups in total. The monoisotopic (exact) mass is 433 g/mol. The zero-order chi connectivity index (χ0) is 22.3. The van der Waals surface area contributed by atoms with Crippen LogP contribution in [-0.2, 0) is 21.4 Å². The maximum absolute atomic E-state index is 12.7. The van der Waals surface area contributed by atoms with Gasteiger partial charge in [0.1, 0.15) is 5.82 Å². The van der Waals surface area contributed by atoms with Crippen LogP contribution in [0, 0.1) is 0 Å². The number of nitrogens with one attached hydrogen (secondary N) is 3. The fraction of sp³-hybridized carbons (Fsp3) is 0.350. The molecule has 0 radical (unpaired) electrons. The van der Waals surface area contributed by atoms with E-state index in [1.807, 2.05) is 12.1 Å². The summed E-state index contributed by atoms with van der Waals surface area (Å²) >= 11 is 0. The number of hydrogen-bond acceptors (Lipinski definition) is 6. The number of carbonyl (C=O) groups excluding carboxylic acids is 2. The van der Waals surface area contributed by atoms with E-state index in [4.69, 9.17) is 0 Å². The van der Waals surface area contributed by atoms with Crippen molar-refractivity contribution in [3.05, 3.63) is 47.7 Å². The van der Waals surface area contributed by atoms with E-state index in [9.17, 15) is 18.0 Å². The smallest absolute Gasteiger partial charge is 0.253 e. The molecule has 2 aromatic rings. The quantitative estimate of drug-likeness (QED) is 0.557. The second-order valence-electron chi connectivity index (χ2n) is 6.70. The van der Waals surface area contributed by atoms with Crippen molar-refractivity contribution in [1.29, 1.82) is 0 Å². The summed E-state index contributed by atoms with van der Waals surface area (Å²) in [5.41, 5.74) is 1.41. The fourth-order valence-electron chi connectivity index (χ4n) is 2.84. The number of sulfonamides is 1. The maximum Gasteiger partial charge on any atom is 0.253 e. The molecule has 0 bridgehead atoms. The highest BCUT2D eigenvalue weighted by molar-refractivity contribution is 7.92. The molecule has 0 aliphatic heterocycles. The van der Waals surface area contributed by atoms with Gasteiger partial charge in [-0.3, -0.25) is 14.3 Å². The molecule has 2 amide bonds. The molecular formula is C20H27N5O4S. The van der Waals surface area contributed by atoms with E-state index < -0.39 is 15.9 Å². The van der Waals surface area contributed by atoms with Gasteiger partial charge in [-0.25, -0.2) is 13.4 Å². The van der Waals surface area contributed by atoms with Crippen LogP contribution in [0.4, 0.5) is 17.2 Å². The molecule has 0 fully saturated rings. The highest BCUT2D eigenvalue weighted by atomic mass is 32.2. The molecule has 1 aromatic carbocycles. The SMILES string of the molecule is CCN(CC)c1ccc(CNC(=O)c2cc(NC(C)=O)ccc2NS(C)(=O)=O)cn1. The molecule has 0 aliphatic rings. The molecule has 1 heterocycles. The van der Waals surface area contributed by atoms with Gasteiger partial charge < -0.3 is 15.5 Å². The van der Waals surface area contributed by atoms with Crippen molar-refractivity contribution < 1.29 is 18.0 Å². The van der Waals surface area contributed by atoms with E-state index in [0.29, 0.717) is 5.69 Å². The molecular weight excluding hydrogens is 406 g/mol. The summed E-state index contributed by atoms with van der Waals surface area (Å²) in [6.07, 6.45) is 2.69. The predicted molar refractivity (Wildman–Crippen MR) is 118 cm³/mol. The molecule has 0 spiro atoms. The number of benzene rings is 1. The molecule has 10 heteroatoms. The van der Waals surface area contributed by atoms with E-state index in [2.05, 4.69) is 39.1 Å². The second-order valence-corrected chi connectivity index (χ2v) is 8.44. The van der Waals surface area contributed by atoms with E-state index in [1.54, 1.807) is 6.20 Å². The summed E-state index contributed by atoms with van der Waals surface area (Å²) in [5.74, 6) is 0.0726. The van der Waals surface area contributed by atoms with Crippen LogP contribution >= 0.6 is 0 Å². The topological polar surface area (TPSA) is 120 Å². The average Bonchev–Trinajstić information content (AvgIpc) is 2.67. The van der Waals surface area contributed by atoms with Crippen LogP contribution in [0.3, 0.4) is 0 Å². The summed E-state index contributed by atoms with van der Waals surface area (Å²) in [4.78, 5) is 30.6. The summed E-state index contributed by atoms with van der Waals surface area (Å²) in [5, 5.41) is 5.34. The summed E-state index contributed by atoms with van der Waals surface area (Å²) in [6, 6.07) is 8.14. The zero-order valence-electron chi connectivity index (χ0n) is 17.5. The third-order valence-electron chi connectivity index (χ3n) is 4.23. The summed E-state index contributed by atoms with van der Waals surface area (Å²) in [7, 11) is -3.59. The molecule has 9 nitrogen and oxygen atoms in total. The number of aromatic nitrogens is 1. The van der Waals surface area contributed by atoms with Crippen LogP contribution in [0.2, 0.25) is 0 Å². The maximum atomic E-state index is 12.7. The Labute approximate surface area is 176 Å². The number of rotatable bonds is 9. The number of anilines is 3. The minimum absolute atomic E-state index is 0.0967. The van der Waals surface area contributed by atoms with Gasteiger partial charge in [-0.05, 0) is 43.7 Å². The first-order valence-electron chi connectivity index (χ1n) is 9.50. The molecule has 162 valence electrons. The standard InChI is InChI=1S/C20H27N5O4S/c1-5-25(6-2)19-10-7-15(12-21-19)13-22-20(27)17-11-16(23-14(3)26)8-9-18(17)24-30(4,28)29/h7-12,24H,5-6,13H2,1-4H3,(H,22,27)(H,23,26). The first-order valence-corrected chi connectivity index (χ1v) is 11.4. The van der Waals surface area contributed by atoms with E-state index in [0.717, 1.165) is 30.7 Å². The number of carbonyl (C=O) groups is 2. The molecule has 0 aliphatic carbocycles. The number of pyridine rings is 1. The van der Waals surface area contributed by atoms with Crippen LogP contribution in [0.25, 0.3) is 0 Å². The van der Waals surface area contributed by atoms with Crippen LogP contribution in [-0.4, -0.2) is 44.6 Å². The van der Waals surface area contributed by atoms with Gasteiger partial charge in [-0.15, -0.1) is 0 Å². The molecule has 2 rings (SSSR count). The Morgan fingerprint density at radius 3 is 2.33 bits per heavy atom. The van der Waals surface area contributed by atoms with Crippen molar-refractivity contribution in [2.24, 2.45) is 0 Å². The van der Waals surface area contributed by atoms with Crippen molar-refractivity contribution in [2.75, 3.05) is 34.3 Å². The first kappa shape index (κ1) is 23.1. The van der Waals surface area contributed by atoms with Crippen molar-refractivity contribution in [3.63, 3.8) is 0 Å². The Hall–Kier alpha value is -3.14. The van der Waals surface area contributed by atoms with Gasteiger partial charge in [-0.1, -0.05) is 6.07 Å². The van der Waals surface area contributed by atoms with Crippen LogP contribution < -0.4 is 20.3 Å². The fourth-order valence-corrected chi connectivity index (χ4v) is 3.41. The van der Waals surface area contributed by atoms with Gasteiger partial charge >= 0.3 is 0 Å². The second kappa shape index (κ2) is 10.1. The number of nitrogens with zero attached hydrogens (tertiary/aromatic N) is 2. The lowest BCUT2D eigenvalue weighted by molar-refractivity contribution is -0.114. The lowest BCUT2D eigenvalue weighted by Gasteiger charge is -2.19. The average molecular weight is 434 g/mol. The highest BCUT2D eigenvalue weighted by Crippen LogP contribution is 2.22. The summed E-state index contributed by atoms with van der Waals surface area (Å²) < 4.78 is 25.6. The molecule has 0 saturated heterocycles. The zero-order valence-corrected chi connectivity index (χ0v) is 18.3. The van der Waals surface area contributed by atoms with Crippen molar-refractivity contribution in [2.45, 2.75) is 27.3 Å². The third-order valence-corrected chi connectivity index (χ3v) is 4.82. The number of hydrogen-bond donors (Lipinski definition) is 3. The summed E-state index contributed by atoms with van der Waals surface area (Å²) in [6.45, 7) is 7.36. The molecule has 0 atom stereocenters. The van der Waals surface area contributed by atoms with Crippen molar-refractivity contribution in [3.8, 4) is 0 Å². The normalized spacial score (nSPS) is 10.9. The molecule has 0 unspecified atom stereocenters. The third kappa shape index (κ3) is 6.73. The Kier molecular flexibility index (Phi) is 7.76. The predicted octanol–water partition coefficient (Wildman–Crippen LogP) is 2.19. The largest absolute Gasteiger partial charge is 0.357 e. The minimum Gasteiger partial charge on any atom is -0.357 e. The Morgan fingerprint density at radius 1 is 1.10 bits per heavy atom. The van der Waals surface area contributed by atoms with Crippen LogP contribution in [0.15, 0.2) is 36.5 Å². The molecule has 30 heavy (non-hydrogen) atoms. The molecule has 1 aromatic heterocycles. The Bertz CT molecular complexity index is 1000. The van der Waals surface area contributed by atoms with Crippen molar-refractivity contribution >= 4 is 39.0 Å². The molecule has 0 saturated carbocycles. The van der Waals surface area contributed by atoms with Crippen LogP contribution in [0.5, 0.6) is 0 Å². The lowest BCUT2D eigenvalue weighted by Crippen LogP contribution is -2.25. The van der Waals surface area contributed by atoms with Crippen molar-refractivity contribution in [1.82, 2.24) is 10.3 Å². The Morgan fingerprint density at radius 2 is 1.80 bits per heavy atom. The van der Waals surface area contributed by atoms with Gasteiger partial charge in [0.2, 0.25) is 15.9 Å². The Balaban J connectivity index is 2.18. The van der Waals surface area contributed by atoms with Gasteiger partial charge in [0, 0.05) is 38.4 Å². The van der Waals surface area contributed by atoms with E-state index in [-0.39, 0.29) is 23.7 Å². The van der Waals surface area contributed by atoms with Gasteiger partial charge in [-0.2, -0.15) is 0 Å². The van der Waals surface area contributed by atoms with Gasteiger partial charge in [0.15, 0.2) is 0 Å². The minimum atomic E-state index is -3.59. The van der Waals surface area contributed by atoms with E-state index >= 15 is 0 Å². The van der Waals surface area contributed by atoms with Crippen LogP contribution in [0.1, 0.15) is 36.7 Å². The van der Waals surface area contributed by atoms with Gasteiger partial charge in [0.05, 0.1) is 17.5 Å². The first-order chi connectivity index (χ1) is 14.1. The van der Waals surface area contributed by atoms with E-state index in [1.165, 1.54) is 25.1 Å². The number of amides is 2.